The second kappa shape index (κ2) is 10.9. The Kier molecular flexibility index (Phi) is 7.49. The van der Waals surface area contributed by atoms with Crippen LogP contribution >= 0.6 is 0 Å². The molecule has 7 N–H and O–H groups in total. The normalized spacial score (nSPS) is 21.6. The van der Waals surface area contributed by atoms with Crippen molar-refractivity contribution >= 4 is 23.4 Å². The molecular formula is C28H30F2N6O5. The summed E-state index contributed by atoms with van der Waals surface area (Å²) in [7, 11) is 0. The van der Waals surface area contributed by atoms with Crippen LogP contribution in [-0.4, -0.2) is 62.5 Å². The highest BCUT2D eigenvalue weighted by Crippen LogP contribution is 2.44. The van der Waals surface area contributed by atoms with Crippen LogP contribution in [0.15, 0.2) is 42.7 Å². The van der Waals surface area contributed by atoms with Crippen molar-refractivity contribution in [3.8, 4) is 17.0 Å². The number of halogens is 2. The summed E-state index contributed by atoms with van der Waals surface area (Å²) in [6, 6.07) is 5.02. The number of anilines is 2. The van der Waals surface area contributed by atoms with Gasteiger partial charge in [-0.25, -0.2) is 18.6 Å². The lowest BCUT2D eigenvalue weighted by molar-refractivity contribution is -0.0391. The molecule has 0 bridgehead atoms. The van der Waals surface area contributed by atoms with Crippen molar-refractivity contribution in [1.82, 2.24) is 15.3 Å². The first-order chi connectivity index (χ1) is 19.5. The fraction of sp³-hybridized carbons (Fsp3) is 0.357. The smallest absolute Gasteiger partial charge is 0.404 e. The highest BCUT2D eigenvalue weighted by Gasteiger charge is 2.38. The molecule has 1 saturated carbocycles. The number of carbonyl (C=O) groups is 2. The Labute approximate surface area is 234 Å². The molecule has 3 aromatic rings. The third kappa shape index (κ3) is 5.50. The summed E-state index contributed by atoms with van der Waals surface area (Å²) in [6.45, 7) is 2.60. The maximum Gasteiger partial charge on any atom is 0.404 e. The van der Waals surface area contributed by atoms with Gasteiger partial charge in [0.05, 0.1) is 34.8 Å². The molecule has 216 valence electrons. The summed E-state index contributed by atoms with van der Waals surface area (Å²) in [6.07, 6.45) is 3.40. The number of benzene rings is 1. The average molecular weight is 569 g/mol. The zero-order valence-electron chi connectivity index (χ0n) is 22.1. The van der Waals surface area contributed by atoms with E-state index in [1.165, 1.54) is 18.5 Å². The van der Waals surface area contributed by atoms with E-state index in [1.807, 2.05) is 11.8 Å². The lowest BCUT2D eigenvalue weighted by Crippen LogP contribution is -2.61. The van der Waals surface area contributed by atoms with Gasteiger partial charge in [-0.3, -0.25) is 9.78 Å². The van der Waals surface area contributed by atoms with Crippen LogP contribution in [0.1, 0.15) is 42.2 Å². The second-order valence-electron chi connectivity index (χ2n) is 10.6. The fourth-order valence-electron chi connectivity index (χ4n) is 5.50. The van der Waals surface area contributed by atoms with Crippen LogP contribution in [0.2, 0.25) is 0 Å². The average Bonchev–Trinajstić information content (AvgIpc) is 2.90. The van der Waals surface area contributed by atoms with Crippen LogP contribution in [-0.2, 0) is 5.60 Å². The number of phenolic OH excluding ortho intramolecular Hbond substituents is 1. The number of aromatic nitrogens is 2. The maximum atomic E-state index is 15.1. The number of carbonyl (C=O) groups excluding carboxylic acids is 1. The number of phenols is 1. The maximum absolute atomic E-state index is 15.1. The zero-order chi connectivity index (χ0) is 29.5. The largest absolute Gasteiger partial charge is 0.507 e. The highest BCUT2D eigenvalue weighted by atomic mass is 19.1. The van der Waals surface area contributed by atoms with Crippen LogP contribution in [0.5, 0.6) is 5.75 Å². The number of nitrogens with zero attached hydrogens (tertiary/aromatic N) is 3. The number of hydrogen-bond donors (Lipinski definition) is 6. The minimum absolute atomic E-state index is 0.146. The molecular weight excluding hydrogens is 538 g/mol. The summed E-state index contributed by atoms with van der Waals surface area (Å²) < 4.78 is 29.9. The molecule has 13 heteroatoms. The van der Waals surface area contributed by atoms with Gasteiger partial charge in [-0.05, 0) is 61.1 Å². The Morgan fingerprint density at radius 2 is 1.90 bits per heavy atom. The van der Waals surface area contributed by atoms with Crippen molar-refractivity contribution in [3.05, 3.63) is 65.6 Å². The van der Waals surface area contributed by atoms with Crippen LogP contribution < -0.4 is 21.3 Å². The topological polar surface area (TPSA) is 174 Å². The Hall–Kier alpha value is -4.36. The number of aromatic hydroxyl groups is 1. The number of rotatable bonds is 6. The molecule has 0 radical (unpaired) electrons. The van der Waals surface area contributed by atoms with Crippen LogP contribution in [0.25, 0.3) is 11.3 Å². The van der Waals surface area contributed by atoms with E-state index < -0.39 is 58.3 Å². The number of aliphatic hydroxyl groups is 1. The lowest BCUT2D eigenvalue weighted by Gasteiger charge is -2.42. The predicted molar refractivity (Wildman–Crippen MR) is 145 cm³/mol. The SMILES string of the molecule is CC1CN(c2ccncc2NC(=O)c2ccc(F)c(-c3c(O)cc(C4(O)CCC4)cc3F)n2)CC(N)C1NC(=O)O. The quantitative estimate of drug-likeness (QED) is 0.261. The van der Waals surface area contributed by atoms with Gasteiger partial charge < -0.3 is 36.6 Å². The van der Waals surface area contributed by atoms with Crippen LogP contribution in [0.3, 0.4) is 0 Å². The molecule has 5 rings (SSSR count). The van der Waals surface area contributed by atoms with E-state index in [-0.39, 0.29) is 17.2 Å². The number of nitrogens with two attached hydrogens (primary N) is 1. The molecule has 1 aliphatic carbocycles. The molecule has 1 saturated heterocycles. The Bertz CT molecular complexity index is 1470. The van der Waals surface area contributed by atoms with Gasteiger partial charge in [0.1, 0.15) is 28.8 Å². The monoisotopic (exact) mass is 568 g/mol. The summed E-state index contributed by atoms with van der Waals surface area (Å²) in [5, 5.41) is 35.4. The van der Waals surface area contributed by atoms with Gasteiger partial charge >= 0.3 is 6.09 Å². The molecule has 0 spiro atoms. The van der Waals surface area contributed by atoms with Gasteiger partial charge in [-0.15, -0.1) is 0 Å². The molecule has 3 atom stereocenters. The molecule has 2 aliphatic rings. The van der Waals surface area contributed by atoms with Gasteiger partial charge in [0.2, 0.25) is 0 Å². The first kappa shape index (κ1) is 28.2. The summed E-state index contributed by atoms with van der Waals surface area (Å²) in [5.74, 6) is -3.42. The van der Waals surface area contributed by atoms with E-state index in [4.69, 9.17) is 10.8 Å². The van der Waals surface area contributed by atoms with Crippen molar-refractivity contribution < 1.29 is 33.7 Å². The van der Waals surface area contributed by atoms with Gasteiger partial charge in [-0.2, -0.15) is 0 Å². The molecule has 3 unspecified atom stereocenters. The first-order valence-electron chi connectivity index (χ1n) is 13.1. The second-order valence-corrected chi connectivity index (χ2v) is 10.6. The summed E-state index contributed by atoms with van der Waals surface area (Å²) in [5.41, 5.74) is 4.78. The summed E-state index contributed by atoms with van der Waals surface area (Å²) in [4.78, 5) is 34.4. The van der Waals surface area contributed by atoms with E-state index in [1.54, 1.807) is 6.07 Å². The fourth-order valence-corrected chi connectivity index (χ4v) is 5.50. The number of hydrogen-bond acceptors (Lipinski definition) is 8. The van der Waals surface area contributed by atoms with E-state index in [2.05, 4.69) is 20.6 Å². The Balaban J connectivity index is 1.39. The molecule has 41 heavy (non-hydrogen) atoms. The molecule has 11 nitrogen and oxygen atoms in total. The number of piperidine rings is 1. The van der Waals surface area contributed by atoms with Crippen LogP contribution in [0, 0.1) is 17.6 Å². The third-order valence-corrected chi connectivity index (χ3v) is 7.79. The minimum atomic E-state index is -1.24. The summed E-state index contributed by atoms with van der Waals surface area (Å²) >= 11 is 0. The van der Waals surface area contributed by atoms with Crippen LogP contribution in [0.4, 0.5) is 25.0 Å². The van der Waals surface area contributed by atoms with Crippen molar-refractivity contribution in [1.29, 1.82) is 0 Å². The van der Waals surface area contributed by atoms with Crippen molar-refractivity contribution in [2.45, 2.75) is 43.9 Å². The number of amides is 2. The highest BCUT2D eigenvalue weighted by molar-refractivity contribution is 6.05. The molecule has 3 heterocycles. The van der Waals surface area contributed by atoms with E-state index in [9.17, 15) is 24.2 Å². The molecule has 2 fully saturated rings. The Morgan fingerprint density at radius 1 is 1.15 bits per heavy atom. The predicted octanol–water partition coefficient (Wildman–Crippen LogP) is 3.17. The van der Waals surface area contributed by atoms with Gasteiger partial charge in [0.15, 0.2) is 0 Å². The lowest BCUT2D eigenvalue weighted by atomic mass is 9.75. The van der Waals surface area contributed by atoms with Gasteiger partial charge in [-0.1, -0.05) is 6.92 Å². The van der Waals surface area contributed by atoms with E-state index in [0.29, 0.717) is 37.3 Å². The standard InChI is InChI=1S/C28H30F2N6O5/c1-14-12-36(13-18(31)24(14)35-27(39)40)21-5-8-32-11-20(21)34-26(38)19-4-3-16(29)25(33-19)23-17(30)9-15(10-22(23)37)28(41)6-2-7-28/h3-5,8-11,14,18,24,35,37,41H,2,6-7,12-13,31H2,1H3,(H,34,38)(H,39,40). The Morgan fingerprint density at radius 3 is 2.54 bits per heavy atom. The van der Waals surface area contributed by atoms with Gasteiger partial charge in [0, 0.05) is 25.3 Å². The number of nitrogens with one attached hydrogen (secondary N) is 2. The molecule has 1 aromatic carbocycles. The van der Waals surface area contributed by atoms with Gasteiger partial charge in [0.25, 0.3) is 5.91 Å². The number of pyridine rings is 2. The molecule has 2 aromatic heterocycles. The van der Waals surface area contributed by atoms with Crippen molar-refractivity contribution in [2.75, 3.05) is 23.3 Å². The van der Waals surface area contributed by atoms with Crippen molar-refractivity contribution in [2.24, 2.45) is 11.7 Å². The molecule has 1 aliphatic heterocycles. The third-order valence-electron chi connectivity index (χ3n) is 7.79. The minimum Gasteiger partial charge on any atom is -0.507 e. The van der Waals surface area contributed by atoms with Crippen molar-refractivity contribution in [3.63, 3.8) is 0 Å². The molecule has 2 amide bonds. The van der Waals surface area contributed by atoms with E-state index in [0.717, 1.165) is 24.6 Å². The zero-order valence-corrected chi connectivity index (χ0v) is 22.1. The first-order valence-corrected chi connectivity index (χ1v) is 13.1. The van der Waals surface area contributed by atoms with E-state index >= 15 is 4.39 Å². The number of carboxylic acid groups (broad SMARTS) is 1.